The maximum Gasteiger partial charge on any atom is 0.258 e. The predicted molar refractivity (Wildman–Crippen MR) is 139 cm³/mol. The lowest BCUT2D eigenvalue weighted by atomic mass is 10.2. The lowest BCUT2D eigenvalue weighted by molar-refractivity contribution is 0.122. The minimum absolute atomic E-state index is 0.0400. The van der Waals surface area contributed by atoms with Crippen molar-refractivity contribution in [1.29, 1.82) is 0 Å². The van der Waals surface area contributed by atoms with Crippen LogP contribution in [0, 0.1) is 0 Å². The van der Waals surface area contributed by atoms with Crippen LogP contribution in [0.5, 0.6) is 17.2 Å². The first-order chi connectivity index (χ1) is 17.2. The Morgan fingerprint density at radius 1 is 1.03 bits per heavy atom. The molecule has 0 amide bonds. The fourth-order valence-electron chi connectivity index (χ4n) is 3.41. The minimum Gasteiger partial charge on any atom is -0.493 e. The van der Waals surface area contributed by atoms with Crippen molar-refractivity contribution in [2.45, 2.75) is 32.5 Å². The predicted octanol–water partition coefficient (Wildman–Crippen LogP) is 4.03. The van der Waals surface area contributed by atoms with Crippen molar-refractivity contribution in [1.82, 2.24) is 4.57 Å². The highest BCUT2D eigenvalue weighted by atomic mass is 35.5. The molecule has 1 atom stereocenters. The second-order valence-corrected chi connectivity index (χ2v) is 10.9. The van der Waals surface area contributed by atoms with Gasteiger partial charge in [-0.05, 0) is 42.3 Å². The first-order valence-electron chi connectivity index (χ1n) is 11.5. The Balaban J connectivity index is 1.65. The summed E-state index contributed by atoms with van der Waals surface area (Å²) in [5, 5.41) is 10.8. The molecule has 0 saturated carbocycles. The van der Waals surface area contributed by atoms with Crippen LogP contribution in [0.15, 0.2) is 65.6 Å². The summed E-state index contributed by atoms with van der Waals surface area (Å²) in [5.41, 5.74) is 1.16. The van der Waals surface area contributed by atoms with E-state index in [-0.39, 0.29) is 23.7 Å². The third kappa shape index (κ3) is 8.01. The number of aliphatic hydroxyl groups is 1. The van der Waals surface area contributed by atoms with Crippen LogP contribution in [0.3, 0.4) is 0 Å². The molecular formula is C26H30ClNO7S. The molecule has 8 nitrogen and oxygen atoms in total. The molecule has 2 aromatic carbocycles. The van der Waals surface area contributed by atoms with Gasteiger partial charge in [0.05, 0.1) is 24.3 Å². The summed E-state index contributed by atoms with van der Waals surface area (Å²) in [5.74, 6) is 0.764. The number of aromatic nitrogens is 1. The Labute approximate surface area is 215 Å². The Morgan fingerprint density at radius 3 is 2.44 bits per heavy atom. The number of methoxy groups -OCH3 is 1. The van der Waals surface area contributed by atoms with Gasteiger partial charge in [-0.3, -0.25) is 9.36 Å². The summed E-state index contributed by atoms with van der Waals surface area (Å²) >= 11 is 5.89. The molecule has 0 aliphatic heterocycles. The molecule has 1 aromatic heterocycles. The quantitative estimate of drug-likeness (QED) is 0.352. The smallest absolute Gasteiger partial charge is 0.258 e. The summed E-state index contributed by atoms with van der Waals surface area (Å²) in [6, 6.07) is 15.2. The highest BCUT2D eigenvalue weighted by Gasteiger charge is 2.18. The van der Waals surface area contributed by atoms with Crippen molar-refractivity contribution in [3.8, 4) is 22.9 Å². The maximum absolute atomic E-state index is 12.7. The number of rotatable bonds is 13. The summed E-state index contributed by atoms with van der Waals surface area (Å²) in [4.78, 5) is 12.7. The second-order valence-electron chi connectivity index (χ2n) is 8.25. The third-order valence-electron chi connectivity index (χ3n) is 5.32. The average molecular weight is 536 g/mol. The minimum atomic E-state index is -3.35. The average Bonchev–Trinajstić information content (AvgIpc) is 2.85. The van der Waals surface area contributed by atoms with E-state index in [2.05, 4.69) is 0 Å². The van der Waals surface area contributed by atoms with E-state index in [1.54, 1.807) is 42.6 Å². The fourth-order valence-corrected chi connectivity index (χ4v) is 5.11. The van der Waals surface area contributed by atoms with Crippen molar-refractivity contribution < 1.29 is 27.7 Å². The Hall–Kier alpha value is -3.01. The molecule has 36 heavy (non-hydrogen) atoms. The van der Waals surface area contributed by atoms with Gasteiger partial charge in [0.25, 0.3) is 5.56 Å². The lowest BCUT2D eigenvalue weighted by Gasteiger charge is -2.16. The van der Waals surface area contributed by atoms with Crippen molar-refractivity contribution in [3.63, 3.8) is 0 Å². The van der Waals surface area contributed by atoms with Gasteiger partial charge < -0.3 is 19.3 Å². The molecule has 10 heteroatoms. The summed E-state index contributed by atoms with van der Waals surface area (Å²) < 4.78 is 42.2. The zero-order valence-corrected chi connectivity index (χ0v) is 21.8. The number of aliphatic hydroxyl groups excluding tert-OH is 1. The molecule has 194 valence electrons. The van der Waals surface area contributed by atoms with Crippen molar-refractivity contribution in [2.24, 2.45) is 0 Å². The first kappa shape index (κ1) is 27.6. The van der Waals surface area contributed by atoms with E-state index in [9.17, 15) is 18.3 Å². The molecular weight excluding hydrogens is 506 g/mol. The molecule has 0 fully saturated rings. The molecule has 1 heterocycles. The van der Waals surface area contributed by atoms with Crippen LogP contribution in [0.2, 0.25) is 5.02 Å². The molecule has 0 aliphatic rings. The first-order valence-corrected chi connectivity index (χ1v) is 13.7. The van der Waals surface area contributed by atoms with E-state index in [0.717, 1.165) is 12.0 Å². The summed E-state index contributed by atoms with van der Waals surface area (Å²) in [6.07, 6.45) is 1.75. The van der Waals surface area contributed by atoms with Crippen LogP contribution in [0.25, 0.3) is 5.69 Å². The van der Waals surface area contributed by atoms with Gasteiger partial charge in [0.1, 0.15) is 25.1 Å². The van der Waals surface area contributed by atoms with Gasteiger partial charge in [0, 0.05) is 23.4 Å². The number of ether oxygens (including phenoxy) is 3. The van der Waals surface area contributed by atoms with Gasteiger partial charge in [-0.25, -0.2) is 8.42 Å². The van der Waals surface area contributed by atoms with Gasteiger partial charge >= 0.3 is 0 Å². The number of benzene rings is 2. The fraction of sp³-hybridized carbons (Fsp3) is 0.346. The van der Waals surface area contributed by atoms with Gasteiger partial charge in [0.2, 0.25) is 0 Å². The van der Waals surface area contributed by atoms with Crippen molar-refractivity contribution in [3.05, 3.63) is 81.7 Å². The van der Waals surface area contributed by atoms with Crippen molar-refractivity contribution in [2.75, 3.05) is 25.2 Å². The molecule has 3 aromatic rings. The van der Waals surface area contributed by atoms with Gasteiger partial charge in [0.15, 0.2) is 21.3 Å². The molecule has 1 N–H and O–H groups in total. The third-order valence-corrected chi connectivity index (χ3v) is 7.38. The van der Waals surface area contributed by atoms with E-state index >= 15 is 0 Å². The monoisotopic (exact) mass is 535 g/mol. The maximum atomic E-state index is 12.7. The van der Waals surface area contributed by atoms with E-state index in [4.69, 9.17) is 25.8 Å². The number of hydrogen-bond donors (Lipinski definition) is 1. The lowest BCUT2D eigenvalue weighted by Crippen LogP contribution is -2.28. The normalized spacial score (nSPS) is 12.2. The van der Waals surface area contributed by atoms with Crippen LogP contribution >= 0.6 is 11.6 Å². The SMILES string of the molecule is CCCCS(=O)(=O)C[C@@H](O)COc1ccc(-n2ccc(OCc3ccc(Cl)cc3)cc2=O)cc1OC. The molecule has 0 radical (unpaired) electrons. The number of hydrogen-bond acceptors (Lipinski definition) is 7. The largest absolute Gasteiger partial charge is 0.493 e. The van der Waals surface area contributed by atoms with Gasteiger partial charge in [-0.2, -0.15) is 0 Å². The second kappa shape index (κ2) is 12.8. The number of unbranched alkanes of at least 4 members (excludes halogenated alkanes) is 1. The van der Waals surface area contributed by atoms with Crippen LogP contribution in [-0.4, -0.2) is 49.4 Å². The zero-order valence-electron chi connectivity index (χ0n) is 20.2. The van der Waals surface area contributed by atoms with Crippen LogP contribution < -0.4 is 19.8 Å². The van der Waals surface area contributed by atoms with Crippen LogP contribution in [-0.2, 0) is 16.4 Å². The van der Waals surface area contributed by atoms with Gasteiger partial charge in [-0.15, -0.1) is 0 Å². The molecule has 3 rings (SSSR count). The van der Waals surface area contributed by atoms with E-state index in [0.29, 0.717) is 41.0 Å². The number of nitrogens with zero attached hydrogens (tertiary/aromatic N) is 1. The summed E-state index contributed by atoms with van der Waals surface area (Å²) in [7, 11) is -1.90. The number of sulfone groups is 1. The molecule has 0 saturated heterocycles. The van der Waals surface area contributed by atoms with E-state index in [1.807, 2.05) is 19.1 Å². The molecule has 0 spiro atoms. The zero-order chi connectivity index (χ0) is 26.1. The Kier molecular flexibility index (Phi) is 9.81. The highest BCUT2D eigenvalue weighted by molar-refractivity contribution is 7.91. The Morgan fingerprint density at radius 2 is 1.78 bits per heavy atom. The van der Waals surface area contributed by atoms with Crippen molar-refractivity contribution >= 4 is 21.4 Å². The highest BCUT2D eigenvalue weighted by Crippen LogP contribution is 2.29. The van der Waals surface area contributed by atoms with Gasteiger partial charge in [-0.1, -0.05) is 37.1 Å². The van der Waals surface area contributed by atoms with E-state index in [1.165, 1.54) is 17.7 Å². The van der Waals surface area contributed by atoms with Crippen LogP contribution in [0.1, 0.15) is 25.3 Å². The summed E-state index contributed by atoms with van der Waals surface area (Å²) in [6.45, 7) is 2.00. The topological polar surface area (TPSA) is 104 Å². The van der Waals surface area contributed by atoms with Crippen LogP contribution in [0.4, 0.5) is 0 Å². The Bertz CT molecular complexity index is 1310. The molecule has 0 aliphatic carbocycles. The molecule has 0 unspecified atom stereocenters. The van der Waals surface area contributed by atoms with E-state index < -0.39 is 15.9 Å². The standard InChI is InChI=1S/C26H30ClNO7S/c1-3-4-13-36(31,32)18-22(29)17-35-24-10-9-21(14-25(24)33-2)28-12-11-23(15-26(28)30)34-16-19-5-7-20(27)8-6-19/h5-12,14-15,22,29H,3-4,13,16-18H2,1-2H3/t22-/m0/s1. The molecule has 0 bridgehead atoms. The number of halogens is 1. The number of pyridine rings is 1.